The topological polar surface area (TPSA) is 88.6 Å². The summed E-state index contributed by atoms with van der Waals surface area (Å²) < 4.78 is 5.84. The molecule has 6 nitrogen and oxygen atoms in total. The molecule has 0 bridgehead atoms. The quantitative estimate of drug-likeness (QED) is 0.884. The van der Waals surface area contributed by atoms with Crippen LogP contribution in [0.2, 0.25) is 0 Å². The fourth-order valence-electron chi connectivity index (χ4n) is 2.80. The van der Waals surface area contributed by atoms with Crippen LogP contribution in [-0.4, -0.2) is 23.9 Å². The van der Waals surface area contributed by atoms with Gasteiger partial charge in [-0.25, -0.2) is 4.79 Å². The molecule has 1 aromatic carbocycles. The summed E-state index contributed by atoms with van der Waals surface area (Å²) in [4.78, 5) is 25.0. The number of anilines is 1. The van der Waals surface area contributed by atoms with Gasteiger partial charge in [-0.3, -0.25) is 4.79 Å². The zero-order valence-electron chi connectivity index (χ0n) is 13.8. The molecule has 1 saturated carbocycles. The number of carbonyl (C=O) groups excluding carboxylic acids is 2. The molecule has 0 saturated heterocycles. The highest BCUT2D eigenvalue weighted by atomic mass is 16.3. The molecule has 0 unspecified atom stereocenters. The first-order chi connectivity index (χ1) is 11.4. The van der Waals surface area contributed by atoms with Gasteiger partial charge in [-0.2, -0.15) is 0 Å². The second-order valence-electron chi connectivity index (χ2n) is 6.35. The molecule has 1 aliphatic rings. The normalized spacial score (nSPS) is 18.9. The lowest BCUT2D eigenvalue weighted by Gasteiger charge is -2.16. The SMILES string of the molecule is C[C@H]1C[C@@H]1c1ccc(CN(C)C(=O)c2cccc(NC(N)=O)c2)o1. The Balaban J connectivity index is 1.66. The van der Waals surface area contributed by atoms with Gasteiger partial charge in [0.1, 0.15) is 11.5 Å². The van der Waals surface area contributed by atoms with Gasteiger partial charge >= 0.3 is 6.03 Å². The summed E-state index contributed by atoms with van der Waals surface area (Å²) in [5.41, 5.74) is 6.06. The van der Waals surface area contributed by atoms with E-state index in [1.54, 1.807) is 36.2 Å². The fourth-order valence-corrected chi connectivity index (χ4v) is 2.80. The molecule has 3 amide bonds. The Kier molecular flexibility index (Phi) is 4.29. The second kappa shape index (κ2) is 6.39. The molecule has 0 spiro atoms. The van der Waals surface area contributed by atoms with Crippen LogP contribution in [0.5, 0.6) is 0 Å². The Morgan fingerprint density at radius 1 is 1.33 bits per heavy atom. The molecule has 2 atom stereocenters. The second-order valence-corrected chi connectivity index (χ2v) is 6.35. The van der Waals surface area contributed by atoms with Crippen molar-refractivity contribution >= 4 is 17.6 Å². The first-order valence-electron chi connectivity index (χ1n) is 7.94. The number of primary amides is 1. The molecule has 126 valence electrons. The van der Waals surface area contributed by atoms with Gasteiger partial charge in [0.15, 0.2) is 0 Å². The number of rotatable bonds is 5. The number of nitrogens with zero attached hydrogens (tertiary/aromatic N) is 1. The molecular weight excluding hydrogens is 306 g/mol. The van der Waals surface area contributed by atoms with E-state index in [0.717, 1.165) is 11.5 Å². The summed E-state index contributed by atoms with van der Waals surface area (Å²) in [6.07, 6.45) is 1.17. The van der Waals surface area contributed by atoms with Crippen molar-refractivity contribution in [3.63, 3.8) is 0 Å². The predicted octanol–water partition coefficient (Wildman–Crippen LogP) is 3.17. The number of amides is 3. The Hall–Kier alpha value is -2.76. The van der Waals surface area contributed by atoms with Crippen molar-refractivity contribution in [3.05, 3.63) is 53.5 Å². The van der Waals surface area contributed by atoms with E-state index in [-0.39, 0.29) is 5.91 Å². The van der Waals surface area contributed by atoms with E-state index in [1.165, 1.54) is 6.42 Å². The van der Waals surface area contributed by atoms with E-state index in [9.17, 15) is 9.59 Å². The van der Waals surface area contributed by atoms with E-state index >= 15 is 0 Å². The van der Waals surface area contributed by atoms with Crippen LogP contribution in [0.4, 0.5) is 10.5 Å². The largest absolute Gasteiger partial charge is 0.464 e. The van der Waals surface area contributed by atoms with Crippen LogP contribution in [0.1, 0.15) is 41.1 Å². The number of benzene rings is 1. The van der Waals surface area contributed by atoms with Gasteiger partial charge in [-0.05, 0) is 42.7 Å². The van der Waals surface area contributed by atoms with Crippen molar-refractivity contribution in [3.8, 4) is 0 Å². The third-order valence-corrected chi connectivity index (χ3v) is 4.27. The highest BCUT2D eigenvalue weighted by Gasteiger charge is 2.36. The third-order valence-electron chi connectivity index (χ3n) is 4.27. The van der Waals surface area contributed by atoms with Crippen LogP contribution in [-0.2, 0) is 6.54 Å². The predicted molar refractivity (Wildman–Crippen MR) is 90.7 cm³/mol. The molecule has 1 heterocycles. The average Bonchev–Trinajstić information content (AvgIpc) is 3.08. The van der Waals surface area contributed by atoms with Crippen molar-refractivity contribution in [2.75, 3.05) is 12.4 Å². The minimum absolute atomic E-state index is 0.152. The van der Waals surface area contributed by atoms with Crippen molar-refractivity contribution in [2.45, 2.75) is 25.8 Å². The Morgan fingerprint density at radius 3 is 2.75 bits per heavy atom. The van der Waals surface area contributed by atoms with Crippen molar-refractivity contribution in [1.82, 2.24) is 4.90 Å². The molecule has 6 heteroatoms. The van der Waals surface area contributed by atoms with Gasteiger partial charge in [0.2, 0.25) is 0 Å². The number of furan rings is 1. The first-order valence-corrected chi connectivity index (χ1v) is 7.94. The maximum Gasteiger partial charge on any atom is 0.316 e. The van der Waals surface area contributed by atoms with Crippen molar-refractivity contribution in [2.24, 2.45) is 11.7 Å². The van der Waals surface area contributed by atoms with E-state index < -0.39 is 6.03 Å². The van der Waals surface area contributed by atoms with Crippen molar-refractivity contribution < 1.29 is 14.0 Å². The number of hydrogen-bond acceptors (Lipinski definition) is 3. The number of carbonyl (C=O) groups is 2. The molecule has 1 aromatic heterocycles. The number of urea groups is 1. The molecule has 1 fully saturated rings. The van der Waals surface area contributed by atoms with Crippen LogP contribution < -0.4 is 11.1 Å². The van der Waals surface area contributed by atoms with Crippen LogP contribution in [0.3, 0.4) is 0 Å². The molecular formula is C18H21N3O3. The van der Waals surface area contributed by atoms with Crippen LogP contribution in [0.25, 0.3) is 0 Å². The standard InChI is InChI=1S/C18H21N3O3/c1-11-8-15(11)16-7-6-14(24-16)10-21(2)17(22)12-4-3-5-13(9-12)20-18(19)23/h3-7,9,11,15H,8,10H2,1-2H3,(H3,19,20,23)/t11-,15-/m0/s1. The molecule has 24 heavy (non-hydrogen) atoms. The summed E-state index contributed by atoms with van der Waals surface area (Å²) in [5, 5.41) is 2.47. The number of nitrogens with one attached hydrogen (secondary N) is 1. The minimum atomic E-state index is -0.662. The zero-order chi connectivity index (χ0) is 17.3. The summed E-state index contributed by atoms with van der Waals surface area (Å²) in [6.45, 7) is 2.60. The highest BCUT2D eigenvalue weighted by Crippen LogP contribution is 2.47. The number of nitrogens with two attached hydrogens (primary N) is 1. The van der Waals surface area contributed by atoms with Crippen LogP contribution in [0, 0.1) is 5.92 Å². The summed E-state index contributed by atoms with van der Waals surface area (Å²) in [5.74, 6) is 2.83. The van der Waals surface area contributed by atoms with Gasteiger partial charge < -0.3 is 20.4 Å². The summed E-state index contributed by atoms with van der Waals surface area (Å²) in [6, 6.07) is 9.94. The summed E-state index contributed by atoms with van der Waals surface area (Å²) in [7, 11) is 1.72. The van der Waals surface area contributed by atoms with Gasteiger partial charge in [0, 0.05) is 24.2 Å². The lowest BCUT2D eigenvalue weighted by Crippen LogP contribution is -2.26. The van der Waals surface area contributed by atoms with Crippen molar-refractivity contribution in [1.29, 1.82) is 0 Å². The molecule has 2 aromatic rings. The number of hydrogen-bond donors (Lipinski definition) is 2. The fraction of sp³-hybridized carbons (Fsp3) is 0.333. The molecule has 0 aliphatic heterocycles. The van der Waals surface area contributed by atoms with E-state index in [2.05, 4.69) is 12.2 Å². The summed E-state index contributed by atoms with van der Waals surface area (Å²) >= 11 is 0. The lowest BCUT2D eigenvalue weighted by molar-refractivity contribution is 0.0775. The van der Waals surface area contributed by atoms with E-state index in [4.69, 9.17) is 10.2 Å². The van der Waals surface area contributed by atoms with Crippen LogP contribution in [0.15, 0.2) is 40.8 Å². The molecule has 3 N–H and O–H groups in total. The maximum atomic E-state index is 12.5. The van der Waals surface area contributed by atoms with Gasteiger partial charge in [0.25, 0.3) is 5.91 Å². The van der Waals surface area contributed by atoms with Gasteiger partial charge in [-0.1, -0.05) is 13.0 Å². The van der Waals surface area contributed by atoms with Gasteiger partial charge in [-0.15, -0.1) is 0 Å². The average molecular weight is 327 g/mol. The minimum Gasteiger partial charge on any atom is -0.464 e. The Labute approximate surface area is 140 Å². The monoisotopic (exact) mass is 327 g/mol. The molecule has 1 aliphatic carbocycles. The van der Waals surface area contributed by atoms with Crippen LogP contribution >= 0.6 is 0 Å². The zero-order valence-corrected chi connectivity index (χ0v) is 13.8. The first kappa shape index (κ1) is 16.1. The maximum absolute atomic E-state index is 12.5. The Morgan fingerprint density at radius 2 is 2.08 bits per heavy atom. The lowest BCUT2D eigenvalue weighted by atomic mass is 10.1. The van der Waals surface area contributed by atoms with Gasteiger partial charge in [0.05, 0.1) is 6.54 Å². The smallest absolute Gasteiger partial charge is 0.316 e. The van der Waals surface area contributed by atoms with E-state index in [1.807, 2.05) is 12.1 Å². The van der Waals surface area contributed by atoms with E-state index in [0.29, 0.717) is 29.6 Å². The third kappa shape index (κ3) is 3.59. The highest BCUT2D eigenvalue weighted by molar-refractivity contribution is 5.96. The Bertz CT molecular complexity index is 768. The molecule has 0 radical (unpaired) electrons. The molecule has 3 rings (SSSR count).